The molecule has 0 unspecified atom stereocenters. The topological polar surface area (TPSA) is 96.8 Å². The third-order valence-electron chi connectivity index (χ3n) is 5.88. The van der Waals surface area contributed by atoms with Crippen molar-refractivity contribution < 1.29 is 19.4 Å². The molecule has 1 saturated heterocycles. The van der Waals surface area contributed by atoms with Crippen LogP contribution < -0.4 is 19.7 Å². The van der Waals surface area contributed by atoms with Gasteiger partial charge in [-0.3, -0.25) is 4.79 Å². The molecule has 1 fully saturated rings. The number of aromatic nitrogens is 2. The maximum atomic E-state index is 12.5. The fourth-order valence-corrected chi connectivity index (χ4v) is 4.22. The summed E-state index contributed by atoms with van der Waals surface area (Å²) in [5, 5.41) is 12.3. The van der Waals surface area contributed by atoms with Gasteiger partial charge in [0.25, 0.3) is 5.91 Å². The molecule has 0 aliphatic carbocycles. The Kier molecular flexibility index (Phi) is 4.71. The third-order valence-corrected chi connectivity index (χ3v) is 5.88. The SMILES string of the molecule is O=C1NCCc2c1nc(Cc1ccc3c(c1)OCO3)nc2N1CCC(CO)CC1. The number of ether oxygens (including phenoxy) is 2. The Morgan fingerprint density at radius 2 is 2.00 bits per heavy atom. The molecule has 2 N–H and O–H groups in total. The summed E-state index contributed by atoms with van der Waals surface area (Å²) in [5.41, 5.74) is 2.43. The minimum Gasteiger partial charge on any atom is -0.454 e. The molecule has 0 saturated carbocycles. The fraction of sp³-hybridized carbons (Fsp3) is 0.476. The molecule has 5 rings (SSSR count). The van der Waals surface area contributed by atoms with Gasteiger partial charge in [0, 0.05) is 38.2 Å². The van der Waals surface area contributed by atoms with Crippen molar-refractivity contribution in [2.24, 2.45) is 5.92 Å². The highest BCUT2D eigenvalue weighted by Crippen LogP contribution is 2.33. The molecule has 8 nitrogen and oxygen atoms in total. The average Bonchev–Trinajstić information content (AvgIpc) is 3.22. The summed E-state index contributed by atoms with van der Waals surface area (Å²) in [6.07, 6.45) is 3.11. The van der Waals surface area contributed by atoms with E-state index >= 15 is 0 Å². The van der Waals surface area contributed by atoms with E-state index in [0.717, 1.165) is 60.8 Å². The Balaban J connectivity index is 1.48. The summed E-state index contributed by atoms with van der Waals surface area (Å²) in [6, 6.07) is 5.81. The van der Waals surface area contributed by atoms with Crippen LogP contribution in [0, 0.1) is 5.92 Å². The smallest absolute Gasteiger partial charge is 0.270 e. The van der Waals surface area contributed by atoms with Gasteiger partial charge in [0.05, 0.1) is 0 Å². The number of anilines is 1. The number of fused-ring (bicyclic) bond motifs is 2. The van der Waals surface area contributed by atoms with Crippen molar-refractivity contribution in [3.63, 3.8) is 0 Å². The zero-order chi connectivity index (χ0) is 19.8. The summed E-state index contributed by atoms with van der Waals surface area (Å²) in [6.45, 7) is 2.74. The van der Waals surface area contributed by atoms with Crippen molar-refractivity contribution in [1.29, 1.82) is 0 Å². The van der Waals surface area contributed by atoms with Crippen LogP contribution >= 0.6 is 0 Å². The molecule has 1 aromatic heterocycles. The summed E-state index contributed by atoms with van der Waals surface area (Å²) in [5.74, 6) is 3.18. The number of carbonyl (C=O) groups is 1. The first-order valence-corrected chi connectivity index (χ1v) is 10.1. The number of benzene rings is 1. The normalized spacial score (nSPS) is 18.5. The fourth-order valence-electron chi connectivity index (χ4n) is 4.22. The second-order valence-corrected chi connectivity index (χ2v) is 7.77. The van der Waals surface area contributed by atoms with Crippen molar-refractivity contribution in [2.45, 2.75) is 25.7 Å². The molecule has 2 aromatic rings. The number of carbonyl (C=O) groups excluding carboxylic acids is 1. The molecular formula is C21H24N4O4. The van der Waals surface area contributed by atoms with Crippen LogP contribution in [-0.4, -0.2) is 54.0 Å². The Bertz CT molecular complexity index is 941. The summed E-state index contributed by atoms with van der Waals surface area (Å²) < 4.78 is 10.8. The van der Waals surface area contributed by atoms with Crippen molar-refractivity contribution in [2.75, 3.05) is 37.9 Å². The van der Waals surface area contributed by atoms with Crippen LogP contribution in [0.15, 0.2) is 18.2 Å². The van der Waals surface area contributed by atoms with Crippen molar-refractivity contribution in [3.05, 3.63) is 40.8 Å². The van der Waals surface area contributed by atoms with Crippen molar-refractivity contribution >= 4 is 11.7 Å². The number of nitrogens with zero attached hydrogens (tertiary/aromatic N) is 3. The molecule has 0 bridgehead atoms. The molecule has 152 valence electrons. The van der Waals surface area contributed by atoms with E-state index in [9.17, 15) is 9.90 Å². The maximum Gasteiger partial charge on any atom is 0.270 e. The molecule has 0 spiro atoms. The van der Waals surface area contributed by atoms with Crippen LogP contribution in [0.4, 0.5) is 5.82 Å². The minimum absolute atomic E-state index is 0.132. The average molecular weight is 396 g/mol. The van der Waals surface area contributed by atoms with Gasteiger partial charge >= 0.3 is 0 Å². The minimum atomic E-state index is -0.132. The van der Waals surface area contributed by atoms with Gasteiger partial charge in [0.2, 0.25) is 6.79 Å². The number of amides is 1. The first-order valence-electron chi connectivity index (χ1n) is 10.1. The quantitative estimate of drug-likeness (QED) is 0.804. The molecule has 1 amide bonds. The predicted molar refractivity (Wildman–Crippen MR) is 105 cm³/mol. The highest BCUT2D eigenvalue weighted by Gasteiger charge is 2.28. The standard InChI is InChI=1S/C21H24N4O4/c26-11-13-4-7-25(8-5-13)20-15-3-6-22-21(27)19(15)23-18(24-20)10-14-1-2-16-17(9-14)29-12-28-16/h1-2,9,13,26H,3-8,10-12H2,(H,22,27). The van der Waals surface area contributed by atoms with Gasteiger partial charge in [-0.1, -0.05) is 6.07 Å². The van der Waals surface area contributed by atoms with E-state index in [2.05, 4.69) is 15.2 Å². The first kappa shape index (κ1) is 18.2. The van der Waals surface area contributed by atoms with Gasteiger partial charge < -0.3 is 24.8 Å². The second kappa shape index (κ2) is 7.51. The summed E-state index contributed by atoms with van der Waals surface area (Å²) in [7, 11) is 0. The van der Waals surface area contributed by atoms with Crippen molar-refractivity contribution in [3.8, 4) is 11.5 Å². The van der Waals surface area contributed by atoms with E-state index in [4.69, 9.17) is 14.5 Å². The molecule has 3 aliphatic heterocycles. The lowest BCUT2D eigenvalue weighted by Gasteiger charge is -2.34. The van der Waals surface area contributed by atoms with Crippen LogP contribution in [0.25, 0.3) is 0 Å². The number of nitrogens with one attached hydrogen (secondary N) is 1. The first-order chi connectivity index (χ1) is 14.2. The molecular weight excluding hydrogens is 372 g/mol. The Labute approximate surface area is 168 Å². The zero-order valence-electron chi connectivity index (χ0n) is 16.2. The number of hydrogen-bond acceptors (Lipinski definition) is 7. The summed E-state index contributed by atoms with van der Waals surface area (Å²) in [4.78, 5) is 24.2. The van der Waals surface area contributed by atoms with Gasteiger partial charge in [0.15, 0.2) is 11.5 Å². The molecule has 4 heterocycles. The maximum absolute atomic E-state index is 12.5. The lowest BCUT2D eigenvalue weighted by Crippen LogP contribution is -2.39. The van der Waals surface area contributed by atoms with Crippen molar-refractivity contribution in [1.82, 2.24) is 15.3 Å². The Morgan fingerprint density at radius 3 is 2.83 bits per heavy atom. The van der Waals surface area contributed by atoms with Gasteiger partial charge in [-0.25, -0.2) is 9.97 Å². The largest absolute Gasteiger partial charge is 0.454 e. The van der Waals surface area contributed by atoms with E-state index in [1.54, 1.807) is 0 Å². The number of aliphatic hydroxyl groups excluding tert-OH is 1. The van der Waals surface area contributed by atoms with Crippen LogP contribution in [-0.2, 0) is 12.8 Å². The van der Waals surface area contributed by atoms with E-state index < -0.39 is 0 Å². The highest BCUT2D eigenvalue weighted by atomic mass is 16.7. The van der Waals surface area contributed by atoms with E-state index in [1.165, 1.54) is 0 Å². The Hall–Kier alpha value is -2.87. The molecule has 0 radical (unpaired) electrons. The highest BCUT2D eigenvalue weighted by molar-refractivity contribution is 5.96. The number of hydrogen-bond donors (Lipinski definition) is 2. The molecule has 0 atom stereocenters. The molecule has 1 aromatic carbocycles. The zero-order valence-corrected chi connectivity index (χ0v) is 16.2. The van der Waals surface area contributed by atoms with Gasteiger partial charge in [-0.15, -0.1) is 0 Å². The van der Waals surface area contributed by atoms with Crippen LogP contribution in [0.2, 0.25) is 0 Å². The molecule has 29 heavy (non-hydrogen) atoms. The van der Waals surface area contributed by atoms with E-state index in [0.29, 0.717) is 30.4 Å². The number of piperidine rings is 1. The lowest BCUT2D eigenvalue weighted by atomic mass is 9.96. The third kappa shape index (κ3) is 3.48. The lowest BCUT2D eigenvalue weighted by molar-refractivity contribution is 0.0940. The van der Waals surface area contributed by atoms with E-state index in [-0.39, 0.29) is 19.3 Å². The van der Waals surface area contributed by atoms with Crippen LogP contribution in [0.1, 0.15) is 40.3 Å². The van der Waals surface area contributed by atoms with E-state index in [1.807, 2.05) is 18.2 Å². The Morgan fingerprint density at radius 1 is 1.17 bits per heavy atom. The molecule has 8 heteroatoms. The second-order valence-electron chi connectivity index (χ2n) is 7.77. The number of rotatable bonds is 4. The van der Waals surface area contributed by atoms with Gasteiger partial charge in [-0.05, 0) is 42.9 Å². The van der Waals surface area contributed by atoms with Crippen LogP contribution in [0.5, 0.6) is 11.5 Å². The van der Waals surface area contributed by atoms with Gasteiger partial charge in [0.1, 0.15) is 17.3 Å². The van der Waals surface area contributed by atoms with Gasteiger partial charge in [-0.2, -0.15) is 0 Å². The summed E-state index contributed by atoms with van der Waals surface area (Å²) >= 11 is 0. The predicted octanol–water partition coefficient (Wildman–Crippen LogP) is 1.29. The van der Waals surface area contributed by atoms with Crippen LogP contribution in [0.3, 0.4) is 0 Å². The monoisotopic (exact) mass is 396 g/mol. The number of aliphatic hydroxyl groups is 1. The molecule has 3 aliphatic rings.